The van der Waals surface area contributed by atoms with Crippen LogP contribution in [0.2, 0.25) is 0 Å². The molecule has 0 bridgehead atoms. The van der Waals surface area contributed by atoms with Crippen molar-refractivity contribution in [3.05, 3.63) is 24.3 Å². The minimum absolute atomic E-state index is 0.0823. The maximum atomic E-state index is 12.2. The van der Waals surface area contributed by atoms with Crippen molar-refractivity contribution >= 4 is 17.4 Å². The van der Waals surface area contributed by atoms with Gasteiger partial charge in [0, 0.05) is 16.6 Å². The summed E-state index contributed by atoms with van der Waals surface area (Å²) in [5.41, 5.74) is -3.34. The van der Waals surface area contributed by atoms with Gasteiger partial charge in [-0.2, -0.15) is 13.2 Å². The fourth-order valence-electron chi connectivity index (χ4n) is 1.95. The van der Waals surface area contributed by atoms with Crippen molar-refractivity contribution in [2.45, 2.75) is 29.3 Å². The number of nitrogens with one attached hydrogen (secondary N) is 2. The SMILES string of the molecule is FC(F)(F)Sc1ccc(NC2CCNCC2)cc1. The topological polar surface area (TPSA) is 24.1 Å². The zero-order chi connectivity index (χ0) is 13.0. The first-order chi connectivity index (χ1) is 8.53. The summed E-state index contributed by atoms with van der Waals surface area (Å²) in [4.78, 5) is 0.221. The number of benzene rings is 1. The number of hydrogen-bond donors (Lipinski definition) is 2. The molecule has 1 heterocycles. The van der Waals surface area contributed by atoms with Gasteiger partial charge in [0.15, 0.2) is 0 Å². The van der Waals surface area contributed by atoms with Gasteiger partial charge in [-0.15, -0.1) is 0 Å². The molecule has 2 N–H and O–H groups in total. The second-order valence-electron chi connectivity index (χ2n) is 4.24. The van der Waals surface area contributed by atoms with Crippen LogP contribution in [0.1, 0.15) is 12.8 Å². The van der Waals surface area contributed by atoms with E-state index in [1.165, 1.54) is 12.1 Å². The molecule has 2 rings (SSSR count). The first-order valence-corrected chi connectivity index (χ1v) is 6.68. The maximum Gasteiger partial charge on any atom is 0.446 e. The number of thioether (sulfide) groups is 1. The largest absolute Gasteiger partial charge is 0.446 e. The van der Waals surface area contributed by atoms with E-state index in [9.17, 15) is 13.2 Å². The highest BCUT2D eigenvalue weighted by Gasteiger charge is 2.29. The Morgan fingerprint density at radius 3 is 2.28 bits per heavy atom. The van der Waals surface area contributed by atoms with Gasteiger partial charge in [0.1, 0.15) is 0 Å². The molecule has 0 spiro atoms. The molecule has 1 aliphatic heterocycles. The Labute approximate surface area is 108 Å². The summed E-state index contributed by atoms with van der Waals surface area (Å²) in [6.07, 6.45) is 2.08. The molecule has 0 radical (unpaired) electrons. The Hall–Kier alpha value is -0.880. The van der Waals surface area contributed by atoms with Crippen LogP contribution >= 0.6 is 11.8 Å². The Morgan fingerprint density at radius 2 is 1.72 bits per heavy atom. The molecule has 1 aromatic carbocycles. The second-order valence-corrected chi connectivity index (χ2v) is 5.38. The third-order valence-electron chi connectivity index (χ3n) is 2.80. The lowest BCUT2D eigenvalue weighted by atomic mass is 10.1. The van der Waals surface area contributed by atoms with E-state index in [0.29, 0.717) is 6.04 Å². The molecule has 18 heavy (non-hydrogen) atoms. The predicted octanol–water partition coefficient (Wildman–Crippen LogP) is 3.46. The Bertz CT molecular complexity index is 372. The van der Waals surface area contributed by atoms with Gasteiger partial charge < -0.3 is 10.6 Å². The maximum absolute atomic E-state index is 12.2. The molecule has 1 aromatic rings. The molecular formula is C12H15F3N2S. The smallest absolute Gasteiger partial charge is 0.382 e. The molecule has 0 atom stereocenters. The summed E-state index contributed by atoms with van der Waals surface area (Å²) in [6.45, 7) is 1.97. The molecule has 0 saturated carbocycles. The van der Waals surface area contributed by atoms with Crippen molar-refractivity contribution in [1.82, 2.24) is 5.32 Å². The van der Waals surface area contributed by atoms with Crippen LogP contribution in [0.5, 0.6) is 0 Å². The highest BCUT2D eigenvalue weighted by Crippen LogP contribution is 2.37. The van der Waals surface area contributed by atoms with Crippen LogP contribution < -0.4 is 10.6 Å². The van der Waals surface area contributed by atoms with E-state index in [0.717, 1.165) is 31.6 Å². The summed E-state index contributed by atoms with van der Waals surface area (Å²) < 4.78 is 36.5. The number of piperidine rings is 1. The minimum atomic E-state index is -4.22. The van der Waals surface area contributed by atoms with Gasteiger partial charge in [-0.05, 0) is 62.0 Å². The van der Waals surface area contributed by atoms with Crippen molar-refractivity contribution < 1.29 is 13.2 Å². The van der Waals surface area contributed by atoms with E-state index in [-0.39, 0.29) is 16.7 Å². The summed E-state index contributed by atoms with van der Waals surface area (Å²) in [5, 5.41) is 6.61. The number of rotatable bonds is 3. The highest BCUT2D eigenvalue weighted by molar-refractivity contribution is 8.00. The van der Waals surface area contributed by atoms with Gasteiger partial charge >= 0.3 is 5.51 Å². The van der Waals surface area contributed by atoms with Gasteiger partial charge in [-0.1, -0.05) is 0 Å². The summed E-state index contributed by atoms with van der Waals surface area (Å²) in [6, 6.07) is 6.82. The third-order valence-corrected chi connectivity index (χ3v) is 3.54. The molecular weight excluding hydrogens is 261 g/mol. The quantitative estimate of drug-likeness (QED) is 0.827. The third kappa shape index (κ3) is 4.42. The number of anilines is 1. The van der Waals surface area contributed by atoms with Gasteiger partial charge in [0.05, 0.1) is 0 Å². The lowest BCUT2D eigenvalue weighted by molar-refractivity contribution is -0.0328. The first kappa shape index (κ1) is 13.5. The van der Waals surface area contributed by atoms with Crippen molar-refractivity contribution in [3.8, 4) is 0 Å². The van der Waals surface area contributed by atoms with Crippen molar-refractivity contribution in [2.75, 3.05) is 18.4 Å². The molecule has 1 fully saturated rings. The second kappa shape index (κ2) is 5.84. The van der Waals surface area contributed by atoms with E-state index in [2.05, 4.69) is 10.6 Å². The monoisotopic (exact) mass is 276 g/mol. The highest BCUT2D eigenvalue weighted by atomic mass is 32.2. The molecule has 1 aliphatic rings. The normalized spacial score (nSPS) is 17.7. The molecule has 1 saturated heterocycles. The standard InChI is InChI=1S/C12H15F3N2S/c13-12(14,15)18-11-3-1-9(2-4-11)17-10-5-7-16-8-6-10/h1-4,10,16-17H,5-8H2. The van der Waals surface area contributed by atoms with Gasteiger partial charge in [-0.25, -0.2) is 0 Å². The molecule has 0 unspecified atom stereocenters. The van der Waals surface area contributed by atoms with Crippen LogP contribution in [0, 0.1) is 0 Å². The first-order valence-electron chi connectivity index (χ1n) is 5.86. The zero-order valence-corrected chi connectivity index (χ0v) is 10.6. The number of alkyl halides is 3. The van der Waals surface area contributed by atoms with E-state index in [4.69, 9.17) is 0 Å². The van der Waals surface area contributed by atoms with Crippen LogP contribution in [0.15, 0.2) is 29.2 Å². The van der Waals surface area contributed by atoms with Gasteiger partial charge in [0.25, 0.3) is 0 Å². The van der Waals surface area contributed by atoms with E-state index < -0.39 is 5.51 Å². The van der Waals surface area contributed by atoms with Crippen LogP contribution in [-0.2, 0) is 0 Å². The van der Waals surface area contributed by atoms with E-state index in [1.54, 1.807) is 12.1 Å². The fourth-order valence-corrected chi connectivity index (χ4v) is 2.49. The molecule has 100 valence electrons. The molecule has 0 aromatic heterocycles. The molecule has 0 amide bonds. The van der Waals surface area contributed by atoms with Crippen LogP contribution in [0.4, 0.5) is 18.9 Å². The van der Waals surface area contributed by atoms with Gasteiger partial charge in [-0.3, -0.25) is 0 Å². The fraction of sp³-hybridized carbons (Fsp3) is 0.500. The lowest BCUT2D eigenvalue weighted by Gasteiger charge is -2.24. The lowest BCUT2D eigenvalue weighted by Crippen LogP contribution is -2.35. The molecule has 2 nitrogen and oxygen atoms in total. The minimum Gasteiger partial charge on any atom is -0.382 e. The van der Waals surface area contributed by atoms with Crippen LogP contribution in [0.25, 0.3) is 0 Å². The Morgan fingerprint density at radius 1 is 1.11 bits per heavy atom. The summed E-state index contributed by atoms with van der Waals surface area (Å²) >= 11 is -0.0823. The van der Waals surface area contributed by atoms with Gasteiger partial charge in [0.2, 0.25) is 0 Å². The Kier molecular flexibility index (Phi) is 4.40. The predicted molar refractivity (Wildman–Crippen MR) is 67.9 cm³/mol. The van der Waals surface area contributed by atoms with Crippen molar-refractivity contribution in [2.24, 2.45) is 0 Å². The number of hydrogen-bond acceptors (Lipinski definition) is 3. The average molecular weight is 276 g/mol. The Balaban J connectivity index is 1.90. The van der Waals surface area contributed by atoms with Crippen molar-refractivity contribution in [3.63, 3.8) is 0 Å². The zero-order valence-electron chi connectivity index (χ0n) is 9.76. The van der Waals surface area contributed by atoms with Crippen LogP contribution in [-0.4, -0.2) is 24.6 Å². The summed E-state index contributed by atoms with van der Waals surface area (Å²) in [5.74, 6) is 0. The van der Waals surface area contributed by atoms with E-state index >= 15 is 0 Å². The summed E-state index contributed by atoms with van der Waals surface area (Å²) in [7, 11) is 0. The van der Waals surface area contributed by atoms with E-state index in [1.807, 2.05) is 0 Å². The average Bonchev–Trinajstić information content (AvgIpc) is 2.31. The number of halogens is 3. The molecule has 0 aliphatic carbocycles. The van der Waals surface area contributed by atoms with Crippen LogP contribution in [0.3, 0.4) is 0 Å². The molecule has 6 heteroatoms. The van der Waals surface area contributed by atoms with Crippen molar-refractivity contribution in [1.29, 1.82) is 0 Å².